The average Bonchev–Trinajstić information content (AvgIpc) is 3.00. The fourth-order valence-corrected chi connectivity index (χ4v) is 3.06. The summed E-state index contributed by atoms with van der Waals surface area (Å²) >= 11 is 0. The van der Waals surface area contributed by atoms with E-state index in [1.54, 1.807) is 66.9 Å². The standard InChI is InChI=1S/C22H17N3O4/c26-20(15-5-4-10-23-14-15)24-16-6-3-7-17(13-16)29-12-11-25-21(27)18-8-1-2-9-19(18)22(25)28/h1-10,13-14H,11-12H2,(H,24,26). The molecule has 0 fully saturated rings. The van der Waals surface area contributed by atoms with Crippen LogP contribution in [0.15, 0.2) is 73.1 Å². The third kappa shape index (κ3) is 3.84. The Morgan fingerprint density at radius 3 is 2.41 bits per heavy atom. The van der Waals surface area contributed by atoms with Crippen molar-refractivity contribution in [3.63, 3.8) is 0 Å². The summed E-state index contributed by atoms with van der Waals surface area (Å²) in [5.41, 5.74) is 1.84. The van der Waals surface area contributed by atoms with Gasteiger partial charge in [-0.1, -0.05) is 18.2 Å². The molecule has 4 rings (SSSR count). The van der Waals surface area contributed by atoms with E-state index < -0.39 is 0 Å². The van der Waals surface area contributed by atoms with Gasteiger partial charge in [-0.05, 0) is 36.4 Å². The highest BCUT2D eigenvalue weighted by atomic mass is 16.5. The Kier molecular flexibility index (Phi) is 5.03. The smallest absolute Gasteiger partial charge is 0.261 e. The molecule has 3 aromatic rings. The summed E-state index contributed by atoms with van der Waals surface area (Å²) in [6, 6.07) is 17.0. The van der Waals surface area contributed by atoms with Gasteiger partial charge in [0.1, 0.15) is 12.4 Å². The predicted octanol–water partition coefficient (Wildman–Crippen LogP) is 3.01. The second-order valence-corrected chi connectivity index (χ2v) is 6.38. The van der Waals surface area contributed by atoms with Crippen LogP contribution in [0.1, 0.15) is 31.1 Å². The van der Waals surface area contributed by atoms with Gasteiger partial charge in [0, 0.05) is 24.1 Å². The average molecular weight is 387 g/mol. The molecule has 7 nitrogen and oxygen atoms in total. The third-order valence-corrected chi connectivity index (χ3v) is 4.48. The third-order valence-electron chi connectivity index (χ3n) is 4.48. The molecule has 0 saturated heterocycles. The number of benzene rings is 2. The van der Waals surface area contributed by atoms with Crippen molar-refractivity contribution < 1.29 is 19.1 Å². The first kappa shape index (κ1) is 18.4. The lowest BCUT2D eigenvalue weighted by Gasteiger charge is -2.15. The summed E-state index contributed by atoms with van der Waals surface area (Å²) in [4.78, 5) is 42.0. The fraction of sp³-hybridized carbons (Fsp3) is 0.0909. The van der Waals surface area contributed by atoms with E-state index in [4.69, 9.17) is 4.74 Å². The number of ether oxygens (including phenoxy) is 1. The van der Waals surface area contributed by atoms with Crippen molar-refractivity contribution in [1.82, 2.24) is 9.88 Å². The van der Waals surface area contributed by atoms with Crippen LogP contribution < -0.4 is 10.1 Å². The number of nitrogens with zero attached hydrogens (tertiary/aromatic N) is 2. The van der Waals surface area contributed by atoms with Crippen molar-refractivity contribution in [2.24, 2.45) is 0 Å². The van der Waals surface area contributed by atoms with E-state index >= 15 is 0 Å². The van der Waals surface area contributed by atoms with Crippen LogP contribution in [0.2, 0.25) is 0 Å². The highest BCUT2D eigenvalue weighted by Gasteiger charge is 2.34. The molecule has 0 saturated carbocycles. The molecule has 0 spiro atoms. The maximum absolute atomic E-state index is 12.4. The zero-order valence-corrected chi connectivity index (χ0v) is 15.4. The maximum Gasteiger partial charge on any atom is 0.261 e. The van der Waals surface area contributed by atoms with Crippen molar-refractivity contribution in [2.75, 3.05) is 18.5 Å². The summed E-state index contributed by atoms with van der Waals surface area (Å²) in [6.45, 7) is 0.282. The summed E-state index contributed by atoms with van der Waals surface area (Å²) in [5, 5.41) is 2.78. The van der Waals surface area contributed by atoms with Crippen molar-refractivity contribution in [2.45, 2.75) is 0 Å². The number of rotatable bonds is 6. The molecule has 0 atom stereocenters. The van der Waals surface area contributed by atoms with Crippen LogP contribution in [0.5, 0.6) is 5.75 Å². The molecule has 1 aromatic heterocycles. The first-order valence-electron chi connectivity index (χ1n) is 9.03. The predicted molar refractivity (Wildman–Crippen MR) is 106 cm³/mol. The lowest BCUT2D eigenvalue weighted by molar-refractivity contribution is 0.0631. The number of aromatic nitrogens is 1. The van der Waals surface area contributed by atoms with Crippen LogP contribution in [-0.2, 0) is 0 Å². The maximum atomic E-state index is 12.4. The Bertz CT molecular complexity index is 1050. The van der Waals surface area contributed by atoms with Crippen LogP contribution in [0.4, 0.5) is 5.69 Å². The number of carbonyl (C=O) groups excluding carboxylic acids is 3. The minimum Gasteiger partial charge on any atom is -0.492 e. The molecule has 1 aliphatic rings. The SMILES string of the molecule is O=C(Nc1cccc(OCCN2C(=O)c3ccccc3C2=O)c1)c1cccnc1. The molecule has 3 amide bonds. The van der Waals surface area contributed by atoms with E-state index in [1.165, 1.54) is 11.1 Å². The molecule has 1 N–H and O–H groups in total. The van der Waals surface area contributed by atoms with Crippen molar-refractivity contribution >= 4 is 23.4 Å². The van der Waals surface area contributed by atoms with Gasteiger partial charge in [-0.3, -0.25) is 24.3 Å². The lowest BCUT2D eigenvalue weighted by Crippen LogP contribution is -2.33. The Hall–Kier alpha value is -4.00. The number of hydrogen-bond donors (Lipinski definition) is 1. The van der Waals surface area contributed by atoms with Crippen LogP contribution in [0.3, 0.4) is 0 Å². The van der Waals surface area contributed by atoms with Crippen molar-refractivity contribution in [3.05, 3.63) is 89.7 Å². The number of nitrogens with one attached hydrogen (secondary N) is 1. The summed E-state index contributed by atoms with van der Waals surface area (Å²) in [7, 11) is 0. The Morgan fingerprint density at radius 2 is 1.72 bits per heavy atom. The van der Waals surface area contributed by atoms with E-state index in [0.29, 0.717) is 28.1 Å². The van der Waals surface area contributed by atoms with Gasteiger partial charge in [0.15, 0.2) is 0 Å². The van der Waals surface area contributed by atoms with Crippen molar-refractivity contribution in [3.8, 4) is 5.75 Å². The Balaban J connectivity index is 1.35. The molecule has 2 heterocycles. The number of hydrogen-bond acceptors (Lipinski definition) is 5. The number of amides is 3. The monoisotopic (exact) mass is 387 g/mol. The fourth-order valence-electron chi connectivity index (χ4n) is 3.06. The van der Waals surface area contributed by atoms with Crippen LogP contribution in [0, 0.1) is 0 Å². The van der Waals surface area contributed by atoms with E-state index in [-0.39, 0.29) is 30.9 Å². The van der Waals surface area contributed by atoms with Gasteiger partial charge in [0.25, 0.3) is 17.7 Å². The van der Waals surface area contributed by atoms with Gasteiger partial charge >= 0.3 is 0 Å². The van der Waals surface area contributed by atoms with Crippen LogP contribution >= 0.6 is 0 Å². The molecule has 1 aliphatic heterocycles. The molecule has 2 aromatic carbocycles. The molecule has 144 valence electrons. The molecule has 0 unspecified atom stereocenters. The zero-order valence-electron chi connectivity index (χ0n) is 15.4. The highest BCUT2D eigenvalue weighted by molar-refractivity contribution is 6.21. The van der Waals surface area contributed by atoms with E-state index in [2.05, 4.69) is 10.3 Å². The second kappa shape index (κ2) is 7.93. The van der Waals surface area contributed by atoms with E-state index in [1.807, 2.05) is 0 Å². The van der Waals surface area contributed by atoms with Gasteiger partial charge < -0.3 is 10.1 Å². The zero-order chi connectivity index (χ0) is 20.2. The number of pyridine rings is 1. The molecule has 0 aliphatic carbocycles. The minimum absolute atomic E-state index is 0.138. The molecule has 7 heteroatoms. The van der Waals surface area contributed by atoms with E-state index in [0.717, 1.165) is 0 Å². The molecule has 29 heavy (non-hydrogen) atoms. The molecular weight excluding hydrogens is 370 g/mol. The summed E-state index contributed by atoms with van der Waals surface area (Å²) < 4.78 is 5.68. The first-order valence-corrected chi connectivity index (χ1v) is 9.03. The Morgan fingerprint density at radius 1 is 0.966 bits per heavy atom. The Labute approximate surface area is 166 Å². The first-order chi connectivity index (χ1) is 14.1. The minimum atomic E-state index is -0.313. The largest absolute Gasteiger partial charge is 0.492 e. The molecule has 0 radical (unpaired) electrons. The number of carbonyl (C=O) groups is 3. The number of imide groups is 1. The topological polar surface area (TPSA) is 88.6 Å². The quantitative estimate of drug-likeness (QED) is 0.657. The normalized spacial score (nSPS) is 12.6. The molecular formula is C22H17N3O4. The lowest BCUT2D eigenvalue weighted by atomic mass is 10.1. The van der Waals surface area contributed by atoms with Gasteiger partial charge in [0.2, 0.25) is 0 Å². The second-order valence-electron chi connectivity index (χ2n) is 6.38. The number of anilines is 1. The van der Waals surface area contributed by atoms with Crippen molar-refractivity contribution in [1.29, 1.82) is 0 Å². The number of fused-ring (bicyclic) bond motifs is 1. The van der Waals surface area contributed by atoms with Gasteiger partial charge in [-0.25, -0.2) is 0 Å². The van der Waals surface area contributed by atoms with Crippen LogP contribution in [-0.4, -0.2) is 40.8 Å². The van der Waals surface area contributed by atoms with Gasteiger partial charge in [0.05, 0.1) is 23.2 Å². The van der Waals surface area contributed by atoms with Gasteiger partial charge in [-0.2, -0.15) is 0 Å². The summed E-state index contributed by atoms with van der Waals surface area (Å²) in [6.07, 6.45) is 3.08. The molecule has 0 bridgehead atoms. The van der Waals surface area contributed by atoms with Crippen LogP contribution in [0.25, 0.3) is 0 Å². The summed E-state index contributed by atoms with van der Waals surface area (Å²) in [5.74, 6) is -0.384. The highest BCUT2D eigenvalue weighted by Crippen LogP contribution is 2.23. The van der Waals surface area contributed by atoms with E-state index in [9.17, 15) is 14.4 Å². The van der Waals surface area contributed by atoms with Gasteiger partial charge in [-0.15, -0.1) is 0 Å².